The minimum Gasteiger partial charge on any atom is -0.460 e. The van der Waals surface area contributed by atoms with Crippen molar-refractivity contribution in [3.05, 3.63) is 95.1 Å². The van der Waals surface area contributed by atoms with Gasteiger partial charge in [-0.15, -0.1) is 0 Å². The summed E-state index contributed by atoms with van der Waals surface area (Å²) >= 11 is 6.18. The first-order chi connectivity index (χ1) is 17.6. The third-order valence-corrected chi connectivity index (χ3v) is 6.43. The van der Waals surface area contributed by atoms with Crippen LogP contribution < -0.4 is 9.80 Å². The molecule has 4 aromatic rings. The highest BCUT2D eigenvalue weighted by Crippen LogP contribution is 2.30. The maximum atomic E-state index is 13.0. The lowest BCUT2D eigenvalue weighted by molar-refractivity contribution is -0.145. The molecule has 0 saturated carbocycles. The van der Waals surface area contributed by atoms with Crippen LogP contribution in [0, 0.1) is 11.3 Å². The zero-order valence-corrected chi connectivity index (χ0v) is 20.3. The normalized spacial score (nSPS) is 14.3. The van der Waals surface area contributed by atoms with Gasteiger partial charge >= 0.3 is 5.97 Å². The van der Waals surface area contributed by atoms with E-state index >= 15 is 0 Å². The molecule has 1 aliphatic rings. The number of para-hydroxylation sites is 2. The SMILES string of the molecule is N#CC(C(=O)OCc1ccccc1)c1nc2ccccc2nc1N1CCN(c2cccc(Cl)c2)CC1. The summed E-state index contributed by atoms with van der Waals surface area (Å²) in [6.45, 7) is 2.88. The molecular weight excluding hydrogens is 474 g/mol. The van der Waals surface area contributed by atoms with Crippen LogP contribution in [-0.2, 0) is 16.1 Å². The average molecular weight is 498 g/mol. The van der Waals surface area contributed by atoms with E-state index in [0.717, 1.165) is 24.3 Å². The molecule has 1 atom stereocenters. The molecule has 0 N–H and O–H groups in total. The predicted octanol–water partition coefficient (Wildman–Crippen LogP) is 4.96. The molecule has 1 aromatic heterocycles. The Morgan fingerprint density at radius 1 is 0.917 bits per heavy atom. The number of carbonyl (C=O) groups excluding carboxylic acids is 1. The fourth-order valence-electron chi connectivity index (χ4n) is 4.32. The van der Waals surface area contributed by atoms with Gasteiger partial charge in [0.1, 0.15) is 12.3 Å². The molecule has 5 rings (SSSR count). The fourth-order valence-corrected chi connectivity index (χ4v) is 4.50. The molecule has 0 spiro atoms. The molecule has 0 amide bonds. The highest BCUT2D eigenvalue weighted by Gasteiger charge is 2.31. The number of hydrogen-bond acceptors (Lipinski definition) is 7. The Morgan fingerprint density at radius 2 is 1.58 bits per heavy atom. The van der Waals surface area contributed by atoms with E-state index in [0.29, 0.717) is 40.7 Å². The number of rotatable bonds is 6. The third kappa shape index (κ3) is 5.09. The van der Waals surface area contributed by atoms with Crippen molar-refractivity contribution in [2.75, 3.05) is 36.0 Å². The van der Waals surface area contributed by atoms with Crippen LogP contribution in [0.3, 0.4) is 0 Å². The Morgan fingerprint density at radius 3 is 2.28 bits per heavy atom. The lowest BCUT2D eigenvalue weighted by Crippen LogP contribution is -2.47. The van der Waals surface area contributed by atoms with Gasteiger partial charge in [0.2, 0.25) is 0 Å². The summed E-state index contributed by atoms with van der Waals surface area (Å²) in [6, 6.07) is 26.8. The van der Waals surface area contributed by atoms with E-state index in [9.17, 15) is 10.1 Å². The number of fused-ring (bicyclic) bond motifs is 1. The highest BCUT2D eigenvalue weighted by atomic mass is 35.5. The van der Waals surface area contributed by atoms with E-state index in [4.69, 9.17) is 26.3 Å². The summed E-state index contributed by atoms with van der Waals surface area (Å²) in [5.41, 5.74) is 3.58. The summed E-state index contributed by atoms with van der Waals surface area (Å²) < 4.78 is 5.51. The molecule has 0 radical (unpaired) electrons. The number of nitriles is 1. The zero-order chi connectivity index (χ0) is 24.9. The van der Waals surface area contributed by atoms with Gasteiger partial charge < -0.3 is 14.5 Å². The molecule has 8 heteroatoms. The molecule has 180 valence electrons. The highest BCUT2D eigenvalue weighted by molar-refractivity contribution is 6.30. The van der Waals surface area contributed by atoms with Gasteiger partial charge in [-0.3, -0.25) is 4.79 Å². The van der Waals surface area contributed by atoms with Crippen molar-refractivity contribution in [1.29, 1.82) is 5.26 Å². The van der Waals surface area contributed by atoms with Crippen molar-refractivity contribution in [2.45, 2.75) is 12.5 Å². The number of anilines is 2. The number of esters is 1. The molecule has 3 aromatic carbocycles. The van der Waals surface area contributed by atoms with Crippen LogP contribution in [0.2, 0.25) is 5.02 Å². The van der Waals surface area contributed by atoms with Crippen molar-refractivity contribution in [3.8, 4) is 6.07 Å². The van der Waals surface area contributed by atoms with Gasteiger partial charge in [-0.05, 0) is 35.9 Å². The average Bonchev–Trinajstić information content (AvgIpc) is 2.92. The van der Waals surface area contributed by atoms with Crippen LogP contribution in [0.15, 0.2) is 78.9 Å². The van der Waals surface area contributed by atoms with Crippen molar-refractivity contribution >= 4 is 40.1 Å². The third-order valence-electron chi connectivity index (χ3n) is 6.19. The van der Waals surface area contributed by atoms with Crippen LogP contribution in [0.4, 0.5) is 11.5 Å². The van der Waals surface area contributed by atoms with Crippen molar-refractivity contribution in [2.24, 2.45) is 0 Å². The van der Waals surface area contributed by atoms with Gasteiger partial charge in [0.05, 0.1) is 17.1 Å². The topological polar surface area (TPSA) is 82.3 Å². The molecule has 36 heavy (non-hydrogen) atoms. The summed E-state index contributed by atoms with van der Waals surface area (Å²) in [6.07, 6.45) is 0. The van der Waals surface area contributed by atoms with Gasteiger partial charge in [0.25, 0.3) is 0 Å². The van der Waals surface area contributed by atoms with Crippen LogP contribution in [0.1, 0.15) is 17.2 Å². The van der Waals surface area contributed by atoms with Crippen LogP contribution in [-0.4, -0.2) is 42.1 Å². The van der Waals surface area contributed by atoms with E-state index in [1.54, 1.807) is 0 Å². The number of hydrogen-bond donors (Lipinski definition) is 0. The largest absolute Gasteiger partial charge is 0.460 e. The maximum Gasteiger partial charge on any atom is 0.330 e. The molecule has 0 bridgehead atoms. The van der Waals surface area contributed by atoms with Crippen LogP contribution in [0.25, 0.3) is 11.0 Å². The second-order valence-corrected chi connectivity index (χ2v) is 8.97. The van der Waals surface area contributed by atoms with E-state index in [1.165, 1.54) is 0 Å². The second-order valence-electron chi connectivity index (χ2n) is 8.53. The van der Waals surface area contributed by atoms with Gasteiger partial charge in [-0.1, -0.05) is 60.1 Å². The molecule has 1 unspecified atom stereocenters. The number of halogens is 1. The molecule has 1 aliphatic heterocycles. The lowest BCUT2D eigenvalue weighted by Gasteiger charge is -2.37. The maximum absolute atomic E-state index is 13.0. The number of piperazine rings is 1. The number of carbonyl (C=O) groups is 1. The molecular formula is C28H24ClN5O2. The molecule has 0 aliphatic carbocycles. The smallest absolute Gasteiger partial charge is 0.330 e. The summed E-state index contributed by atoms with van der Waals surface area (Å²) in [5, 5.41) is 10.7. The van der Waals surface area contributed by atoms with Crippen LogP contribution in [0.5, 0.6) is 0 Å². The Kier molecular flexibility index (Phi) is 6.96. The van der Waals surface area contributed by atoms with Crippen LogP contribution >= 0.6 is 11.6 Å². The molecule has 2 heterocycles. The lowest BCUT2D eigenvalue weighted by atomic mass is 10.1. The Hall–Kier alpha value is -4.15. The summed E-state index contributed by atoms with van der Waals surface area (Å²) in [4.78, 5) is 27.0. The number of ether oxygens (including phenoxy) is 1. The summed E-state index contributed by atoms with van der Waals surface area (Å²) in [7, 11) is 0. The minimum absolute atomic E-state index is 0.0898. The van der Waals surface area contributed by atoms with Crippen molar-refractivity contribution < 1.29 is 9.53 Å². The first kappa shape index (κ1) is 23.6. The first-order valence-corrected chi connectivity index (χ1v) is 12.1. The number of benzene rings is 3. The van der Waals surface area contributed by atoms with Gasteiger partial charge in [-0.2, -0.15) is 5.26 Å². The van der Waals surface area contributed by atoms with Crippen molar-refractivity contribution in [3.63, 3.8) is 0 Å². The van der Waals surface area contributed by atoms with Gasteiger partial charge in [0, 0.05) is 36.9 Å². The Balaban J connectivity index is 1.41. The molecule has 1 saturated heterocycles. The molecule has 1 fully saturated rings. The van der Waals surface area contributed by atoms with E-state index in [1.807, 2.05) is 78.9 Å². The monoisotopic (exact) mass is 497 g/mol. The van der Waals surface area contributed by atoms with E-state index < -0.39 is 11.9 Å². The predicted molar refractivity (Wildman–Crippen MR) is 140 cm³/mol. The second kappa shape index (κ2) is 10.6. The van der Waals surface area contributed by atoms with E-state index in [-0.39, 0.29) is 6.61 Å². The fraction of sp³-hybridized carbons (Fsp3) is 0.214. The zero-order valence-electron chi connectivity index (χ0n) is 19.5. The standard InChI is InChI=1S/C28H24ClN5O2/c29-21-9-6-10-22(17-21)33-13-15-34(16-14-33)27-26(31-24-11-4-5-12-25(24)32-27)23(18-30)28(35)36-19-20-7-2-1-3-8-20/h1-12,17,23H,13-16,19H2. The van der Waals surface area contributed by atoms with E-state index in [2.05, 4.69) is 15.9 Å². The summed E-state index contributed by atoms with van der Waals surface area (Å²) in [5.74, 6) is -1.28. The quantitative estimate of drug-likeness (QED) is 0.348. The van der Waals surface area contributed by atoms with Gasteiger partial charge in [0.15, 0.2) is 11.7 Å². The number of aromatic nitrogens is 2. The number of nitrogens with zero attached hydrogens (tertiary/aromatic N) is 5. The Bertz CT molecular complexity index is 1410. The molecule has 7 nitrogen and oxygen atoms in total. The van der Waals surface area contributed by atoms with Gasteiger partial charge in [-0.25, -0.2) is 9.97 Å². The Labute approximate surface area is 214 Å². The minimum atomic E-state index is -1.19. The first-order valence-electron chi connectivity index (χ1n) is 11.7. The van der Waals surface area contributed by atoms with Crippen molar-refractivity contribution in [1.82, 2.24) is 9.97 Å².